The lowest BCUT2D eigenvalue weighted by molar-refractivity contribution is 0.206. The van der Waals surface area contributed by atoms with Crippen LogP contribution in [0.2, 0.25) is 0 Å². The first kappa shape index (κ1) is 10.6. The fourth-order valence-corrected chi connectivity index (χ4v) is 0.992. The van der Waals surface area contributed by atoms with Crippen molar-refractivity contribution in [2.45, 2.75) is 6.42 Å². The van der Waals surface area contributed by atoms with Gasteiger partial charge < -0.3 is 9.47 Å². The van der Waals surface area contributed by atoms with Crippen molar-refractivity contribution in [1.82, 2.24) is 0 Å². The van der Waals surface area contributed by atoms with Gasteiger partial charge in [-0.3, -0.25) is 0 Å². The summed E-state index contributed by atoms with van der Waals surface area (Å²) in [7, 11) is 3.33. The molecule has 0 saturated heterocycles. The summed E-state index contributed by atoms with van der Waals surface area (Å²) >= 11 is 0. The van der Waals surface area contributed by atoms with E-state index in [1.54, 1.807) is 14.2 Å². The zero-order valence-corrected chi connectivity index (χ0v) is 8.54. The van der Waals surface area contributed by atoms with Crippen LogP contribution < -0.4 is 4.74 Å². The standard InChI is InChI=1S/C12H14O2/c1-13-10-4-3-5-11-6-8-12(14-2)9-7-11/h6-9H,4,10H2,1-2H3. The Morgan fingerprint density at radius 2 is 1.86 bits per heavy atom. The van der Waals surface area contributed by atoms with Crippen LogP contribution in [0.5, 0.6) is 5.75 Å². The summed E-state index contributed by atoms with van der Waals surface area (Å²) in [4.78, 5) is 0. The lowest BCUT2D eigenvalue weighted by Gasteiger charge is -1.97. The molecule has 0 saturated carbocycles. The second-order valence-electron chi connectivity index (χ2n) is 2.77. The van der Waals surface area contributed by atoms with Gasteiger partial charge in [0.1, 0.15) is 5.75 Å². The molecule has 0 N–H and O–H groups in total. The lowest BCUT2D eigenvalue weighted by Crippen LogP contribution is -1.84. The first-order valence-electron chi connectivity index (χ1n) is 4.48. The second-order valence-corrected chi connectivity index (χ2v) is 2.77. The van der Waals surface area contributed by atoms with Gasteiger partial charge >= 0.3 is 0 Å². The van der Waals surface area contributed by atoms with E-state index in [0.29, 0.717) is 6.61 Å². The number of hydrogen-bond donors (Lipinski definition) is 0. The van der Waals surface area contributed by atoms with Crippen LogP contribution in [-0.4, -0.2) is 20.8 Å². The molecule has 2 heteroatoms. The van der Waals surface area contributed by atoms with E-state index in [-0.39, 0.29) is 0 Å². The van der Waals surface area contributed by atoms with Crippen LogP contribution in [-0.2, 0) is 4.74 Å². The van der Waals surface area contributed by atoms with E-state index >= 15 is 0 Å². The first-order valence-corrected chi connectivity index (χ1v) is 4.48. The number of rotatable bonds is 3. The second kappa shape index (κ2) is 6.06. The quantitative estimate of drug-likeness (QED) is 0.536. The maximum absolute atomic E-state index is 5.04. The van der Waals surface area contributed by atoms with Crippen molar-refractivity contribution in [3.8, 4) is 17.6 Å². The zero-order valence-electron chi connectivity index (χ0n) is 8.54. The molecule has 0 spiro atoms. The highest BCUT2D eigenvalue weighted by molar-refractivity contribution is 5.38. The summed E-state index contributed by atoms with van der Waals surface area (Å²) in [6.07, 6.45) is 0.766. The number of benzene rings is 1. The molecule has 0 aromatic heterocycles. The molecule has 0 aliphatic carbocycles. The average molecular weight is 190 g/mol. The van der Waals surface area contributed by atoms with Crippen molar-refractivity contribution in [1.29, 1.82) is 0 Å². The predicted molar refractivity (Wildman–Crippen MR) is 56.4 cm³/mol. The predicted octanol–water partition coefficient (Wildman–Crippen LogP) is 2.08. The highest BCUT2D eigenvalue weighted by Crippen LogP contribution is 2.10. The zero-order chi connectivity index (χ0) is 10.2. The third kappa shape index (κ3) is 3.51. The van der Waals surface area contributed by atoms with Crippen molar-refractivity contribution in [2.24, 2.45) is 0 Å². The Morgan fingerprint density at radius 3 is 2.43 bits per heavy atom. The van der Waals surface area contributed by atoms with E-state index in [9.17, 15) is 0 Å². The Kier molecular flexibility index (Phi) is 4.60. The molecule has 1 rings (SSSR count). The fraction of sp³-hybridized carbons (Fsp3) is 0.333. The third-order valence-corrected chi connectivity index (χ3v) is 1.75. The lowest BCUT2D eigenvalue weighted by atomic mass is 10.2. The van der Waals surface area contributed by atoms with E-state index in [1.807, 2.05) is 24.3 Å². The number of hydrogen-bond acceptors (Lipinski definition) is 2. The highest BCUT2D eigenvalue weighted by Gasteiger charge is 1.89. The fourth-order valence-electron chi connectivity index (χ4n) is 0.992. The molecule has 0 heterocycles. The minimum absolute atomic E-state index is 0.684. The molecule has 14 heavy (non-hydrogen) atoms. The molecule has 0 radical (unpaired) electrons. The van der Waals surface area contributed by atoms with Crippen LogP contribution in [0.4, 0.5) is 0 Å². The monoisotopic (exact) mass is 190 g/mol. The molecule has 0 aliphatic heterocycles. The van der Waals surface area contributed by atoms with Crippen molar-refractivity contribution < 1.29 is 9.47 Å². The largest absolute Gasteiger partial charge is 0.497 e. The molecule has 0 amide bonds. The van der Waals surface area contributed by atoms with Gasteiger partial charge in [-0.25, -0.2) is 0 Å². The van der Waals surface area contributed by atoms with Crippen molar-refractivity contribution in [2.75, 3.05) is 20.8 Å². The van der Waals surface area contributed by atoms with Crippen molar-refractivity contribution in [3.63, 3.8) is 0 Å². The Morgan fingerprint density at radius 1 is 1.14 bits per heavy atom. The van der Waals surface area contributed by atoms with Gasteiger partial charge in [-0.05, 0) is 24.3 Å². The van der Waals surface area contributed by atoms with E-state index in [4.69, 9.17) is 9.47 Å². The van der Waals surface area contributed by atoms with Crippen LogP contribution in [0, 0.1) is 11.8 Å². The molecule has 0 atom stereocenters. The summed E-state index contributed by atoms with van der Waals surface area (Å²) < 4.78 is 9.94. The minimum Gasteiger partial charge on any atom is -0.497 e. The number of methoxy groups -OCH3 is 2. The van der Waals surface area contributed by atoms with E-state index in [0.717, 1.165) is 17.7 Å². The van der Waals surface area contributed by atoms with Crippen molar-refractivity contribution in [3.05, 3.63) is 29.8 Å². The molecular weight excluding hydrogens is 176 g/mol. The summed E-state index contributed by atoms with van der Waals surface area (Å²) in [5, 5.41) is 0. The summed E-state index contributed by atoms with van der Waals surface area (Å²) in [6.45, 7) is 0.684. The van der Waals surface area contributed by atoms with Gasteiger partial charge in [-0.1, -0.05) is 11.8 Å². The minimum atomic E-state index is 0.684. The molecule has 0 fully saturated rings. The molecule has 74 valence electrons. The Hall–Kier alpha value is -1.46. The van der Waals surface area contributed by atoms with E-state index in [1.165, 1.54) is 0 Å². The summed E-state index contributed by atoms with van der Waals surface area (Å²) in [6, 6.07) is 7.69. The third-order valence-electron chi connectivity index (χ3n) is 1.75. The average Bonchev–Trinajstić information content (AvgIpc) is 2.25. The van der Waals surface area contributed by atoms with Crippen molar-refractivity contribution >= 4 is 0 Å². The Balaban J connectivity index is 2.53. The van der Waals surface area contributed by atoms with Crippen LogP contribution >= 0.6 is 0 Å². The molecule has 2 nitrogen and oxygen atoms in total. The van der Waals surface area contributed by atoms with E-state index in [2.05, 4.69) is 11.8 Å². The van der Waals surface area contributed by atoms with Gasteiger partial charge in [0.2, 0.25) is 0 Å². The molecule has 1 aromatic carbocycles. The van der Waals surface area contributed by atoms with Gasteiger partial charge in [0.05, 0.1) is 13.7 Å². The van der Waals surface area contributed by atoms with Crippen LogP contribution in [0.25, 0.3) is 0 Å². The Labute approximate surface area is 84.8 Å². The van der Waals surface area contributed by atoms with E-state index < -0.39 is 0 Å². The maximum Gasteiger partial charge on any atom is 0.118 e. The highest BCUT2D eigenvalue weighted by atomic mass is 16.5. The van der Waals surface area contributed by atoms with Gasteiger partial charge in [0.25, 0.3) is 0 Å². The van der Waals surface area contributed by atoms with Gasteiger partial charge in [-0.2, -0.15) is 0 Å². The molecule has 1 aromatic rings. The smallest absolute Gasteiger partial charge is 0.118 e. The Bertz CT molecular complexity index is 316. The SMILES string of the molecule is COCCC#Cc1ccc(OC)cc1. The summed E-state index contributed by atoms with van der Waals surface area (Å²) in [5.74, 6) is 6.92. The molecular formula is C12H14O2. The van der Waals surface area contributed by atoms with Crippen LogP contribution in [0.15, 0.2) is 24.3 Å². The topological polar surface area (TPSA) is 18.5 Å². The van der Waals surface area contributed by atoms with Gasteiger partial charge in [0.15, 0.2) is 0 Å². The van der Waals surface area contributed by atoms with Crippen LogP contribution in [0.1, 0.15) is 12.0 Å². The first-order chi connectivity index (χ1) is 6.86. The van der Waals surface area contributed by atoms with Gasteiger partial charge in [-0.15, -0.1) is 0 Å². The molecule has 0 aliphatic rings. The van der Waals surface area contributed by atoms with Gasteiger partial charge in [0, 0.05) is 19.1 Å². The van der Waals surface area contributed by atoms with Crippen LogP contribution in [0.3, 0.4) is 0 Å². The normalized spacial score (nSPS) is 9.00. The molecule has 0 bridgehead atoms. The number of ether oxygens (including phenoxy) is 2. The maximum atomic E-state index is 5.04. The summed E-state index contributed by atoms with van der Waals surface area (Å²) in [5.41, 5.74) is 1.00. The molecule has 0 unspecified atom stereocenters.